The van der Waals surface area contributed by atoms with Crippen molar-refractivity contribution in [3.63, 3.8) is 0 Å². The van der Waals surface area contributed by atoms with Gasteiger partial charge in [-0.05, 0) is 84.2 Å². The van der Waals surface area contributed by atoms with Crippen molar-refractivity contribution >= 4 is 28.4 Å². The molecule has 4 saturated carbocycles. The van der Waals surface area contributed by atoms with Crippen molar-refractivity contribution in [2.24, 2.45) is 34.5 Å². The lowest BCUT2D eigenvalue weighted by Gasteiger charge is -2.60. The maximum atomic E-state index is 12.0. The van der Waals surface area contributed by atoms with E-state index in [1.807, 2.05) is 4.08 Å². The molecular formula is C21H31IO2. The second-order valence-corrected chi connectivity index (χ2v) is 10.3. The van der Waals surface area contributed by atoms with Gasteiger partial charge in [-0.1, -0.05) is 36.4 Å². The monoisotopic (exact) mass is 442 g/mol. The summed E-state index contributed by atoms with van der Waals surface area (Å²) >= 11 is 2.25. The van der Waals surface area contributed by atoms with E-state index in [4.69, 9.17) is 0 Å². The van der Waals surface area contributed by atoms with Gasteiger partial charge in [0.25, 0.3) is 0 Å². The molecule has 0 amide bonds. The minimum Gasteiger partial charge on any atom is -0.385 e. The Morgan fingerprint density at radius 2 is 1.83 bits per heavy atom. The molecule has 0 heterocycles. The number of carbonyl (C=O) groups is 1. The van der Waals surface area contributed by atoms with Crippen molar-refractivity contribution in [3.05, 3.63) is 10.2 Å². The number of ketones is 1. The summed E-state index contributed by atoms with van der Waals surface area (Å²) in [7, 11) is 0. The van der Waals surface area contributed by atoms with Gasteiger partial charge in [-0.2, -0.15) is 0 Å². The topological polar surface area (TPSA) is 37.3 Å². The second kappa shape index (κ2) is 5.80. The summed E-state index contributed by atoms with van der Waals surface area (Å²) in [6.45, 7) is 4.85. The summed E-state index contributed by atoms with van der Waals surface area (Å²) in [4.78, 5) is 12.0. The first kappa shape index (κ1) is 17.5. The van der Waals surface area contributed by atoms with Crippen LogP contribution < -0.4 is 0 Å². The smallest absolute Gasteiger partial charge is 0.133 e. The van der Waals surface area contributed by atoms with E-state index in [2.05, 4.69) is 42.5 Å². The molecule has 0 aromatic carbocycles. The zero-order valence-electron chi connectivity index (χ0n) is 15.1. The van der Waals surface area contributed by atoms with Crippen LogP contribution in [0.2, 0.25) is 0 Å². The number of halogens is 1. The Bertz CT molecular complexity index is 572. The highest BCUT2D eigenvalue weighted by Crippen LogP contribution is 2.68. The van der Waals surface area contributed by atoms with Gasteiger partial charge in [0.2, 0.25) is 0 Å². The molecule has 1 N–H and O–H groups in total. The van der Waals surface area contributed by atoms with E-state index in [0.29, 0.717) is 23.0 Å². The van der Waals surface area contributed by atoms with E-state index in [1.54, 1.807) is 0 Å². The zero-order valence-corrected chi connectivity index (χ0v) is 17.2. The molecule has 0 radical (unpaired) electrons. The lowest BCUT2D eigenvalue weighted by atomic mass is 9.44. The van der Waals surface area contributed by atoms with Crippen molar-refractivity contribution in [1.82, 2.24) is 0 Å². The Hall–Kier alpha value is 0.100. The third kappa shape index (κ3) is 2.25. The Morgan fingerprint density at radius 1 is 1.08 bits per heavy atom. The van der Waals surface area contributed by atoms with E-state index in [0.717, 1.165) is 43.9 Å². The Labute approximate surface area is 160 Å². The normalized spacial score (nSPS) is 54.4. The third-order valence-electron chi connectivity index (χ3n) is 9.04. The van der Waals surface area contributed by atoms with Crippen molar-refractivity contribution in [2.45, 2.75) is 77.2 Å². The summed E-state index contributed by atoms with van der Waals surface area (Å²) in [6, 6.07) is 0. The van der Waals surface area contributed by atoms with Gasteiger partial charge in [0.15, 0.2) is 0 Å². The zero-order chi connectivity index (χ0) is 17.2. The van der Waals surface area contributed by atoms with E-state index >= 15 is 0 Å². The Kier molecular flexibility index (Phi) is 4.23. The number of Topliss-reactive ketones (excluding diaryl/α,β-unsaturated/α-hetero) is 1. The molecule has 0 unspecified atom stereocenters. The number of hydrogen-bond acceptors (Lipinski definition) is 2. The van der Waals surface area contributed by atoms with Crippen molar-refractivity contribution in [1.29, 1.82) is 0 Å². The molecule has 0 aliphatic heterocycles. The van der Waals surface area contributed by atoms with Gasteiger partial charge in [0.05, 0.1) is 5.60 Å². The summed E-state index contributed by atoms with van der Waals surface area (Å²) in [5.41, 5.74) is -0.189. The second-order valence-electron chi connectivity index (χ2n) is 9.61. The molecule has 0 spiro atoms. The van der Waals surface area contributed by atoms with E-state index < -0.39 is 5.60 Å². The first-order chi connectivity index (χ1) is 11.3. The summed E-state index contributed by atoms with van der Waals surface area (Å²) < 4.78 is 2.02. The molecule has 3 heteroatoms. The van der Waals surface area contributed by atoms with Crippen LogP contribution in [0.5, 0.6) is 0 Å². The molecule has 0 aromatic rings. The number of aliphatic hydroxyl groups is 1. The van der Waals surface area contributed by atoms with Gasteiger partial charge in [-0.25, -0.2) is 0 Å². The Balaban J connectivity index is 1.64. The molecule has 7 atom stereocenters. The van der Waals surface area contributed by atoms with Gasteiger partial charge < -0.3 is 5.11 Å². The van der Waals surface area contributed by atoms with E-state index in [9.17, 15) is 9.90 Å². The van der Waals surface area contributed by atoms with Gasteiger partial charge >= 0.3 is 0 Å². The highest BCUT2D eigenvalue weighted by Gasteiger charge is 2.63. The van der Waals surface area contributed by atoms with Crippen LogP contribution in [0.25, 0.3) is 0 Å². The fourth-order valence-corrected chi connectivity index (χ4v) is 8.07. The standard InChI is InChI=1S/C21H31IO2/c1-19-8-5-15(23)13-14(19)3-4-16-17(19)6-9-20(2)18(16)7-10-21(20,24)11-12-22/h11-12,14,16-18,24H,3-10,13H2,1-2H3/b12-11-/t14-,16+,17-,18-,19-,20-,21+/m0/s1. The first-order valence-electron chi connectivity index (χ1n) is 9.86. The van der Waals surface area contributed by atoms with Crippen LogP contribution in [-0.4, -0.2) is 16.5 Å². The van der Waals surface area contributed by atoms with E-state index in [-0.39, 0.29) is 5.41 Å². The third-order valence-corrected chi connectivity index (χ3v) is 9.40. The average Bonchev–Trinajstić information content (AvgIpc) is 2.80. The maximum absolute atomic E-state index is 12.0. The molecule has 134 valence electrons. The highest BCUT2D eigenvalue weighted by atomic mass is 127. The fraction of sp³-hybridized carbons (Fsp3) is 0.857. The number of fused-ring (bicyclic) bond motifs is 5. The highest BCUT2D eigenvalue weighted by molar-refractivity contribution is 14.1. The molecule has 2 nitrogen and oxygen atoms in total. The van der Waals surface area contributed by atoms with Crippen LogP contribution in [0, 0.1) is 34.5 Å². The van der Waals surface area contributed by atoms with Crippen LogP contribution in [0.1, 0.15) is 71.6 Å². The predicted octanol–water partition coefficient (Wildman–Crippen LogP) is 5.28. The first-order valence-corrected chi connectivity index (χ1v) is 11.1. The fourth-order valence-electron chi connectivity index (χ4n) is 7.47. The molecule has 4 rings (SSSR count). The van der Waals surface area contributed by atoms with Gasteiger partial charge in [-0.3, -0.25) is 4.79 Å². The lowest BCUT2D eigenvalue weighted by Crippen LogP contribution is -2.56. The minimum absolute atomic E-state index is 0.0452. The van der Waals surface area contributed by atoms with Crippen LogP contribution in [-0.2, 0) is 4.79 Å². The summed E-state index contributed by atoms with van der Waals surface area (Å²) in [5.74, 6) is 3.31. The summed E-state index contributed by atoms with van der Waals surface area (Å²) in [6.07, 6.45) is 11.8. The van der Waals surface area contributed by atoms with Gasteiger partial charge in [0, 0.05) is 18.3 Å². The molecule has 0 bridgehead atoms. The molecule has 4 aliphatic carbocycles. The average molecular weight is 442 g/mol. The molecule has 24 heavy (non-hydrogen) atoms. The molecule has 0 saturated heterocycles. The van der Waals surface area contributed by atoms with Gasteiger partial charge in [-0.15, -0.1) is 0 Å². The van der Waals surface area contributed by atoms with Crippen molar-refractivity contribution in [2.75, 3.05) is 0 Å². The quantitative estimate of drug-likeness (QED) is 0.562. The maximum Gasteiger partial charge on any atom is 0.133 e. The van der Waals surface area contributed by atoms with Crippen molar-refractivity contribution in [3.8, 4) is 0 Å². The predicted molar refractivity (Wildman–Crippen MR) is 105 cm³/mol. The molecular weight excluding hydrogens is 411 g/mol. The lowest BCUT2D eigenvalue weighted by molar-refractivity contribution is -0.148. The van der Waals surface area contributed by atoms with Crippen LogP contribution in [0.3, 0.4) is 0 Å². The number of rotatable bonds is 1. The number of carbonyl (C=O) groups excluding carboxylic acids is 1. The SMILES string of the molecule is C[C@]12CCC(=O)C[C@@H]1CC[C@@H]1[C@@H]2CC[C@@]2(C)[C@H]1CC[C@@]2(O)/C=C\I. The minimum atomic E-state index is -0.607. The molecule has 4 aliphatic rings. The largest absolute Gasteiger partial charge is 0.385 e. The molecule has 0 aromatic heterocycles. The van der Waals surface area contributed by atoms with Crippen molar-refractivity contribution < 1.29 is 9.90 Å². The van der Waals surface area contributed by atoms with Crippen LogP contribution >= 0.6 is 22.6 Å². The number of hydrogen-bond donors (Lipinski definition) is 1. The van der Waals surface area contributed by atoms with Gasteiger partial charge in [0.1, 0.15) is 5.78 Å². The van der Waals surface area contributed by atoms with E-state index in [1.165, 1.54) is 25.7 Å². The Morgan fingerprint density at radius 3 is 2.58 bits per heavy atom. The van der Waals surface area contributed by atoms with Crippen LogP contribution in [0.4, 0.5) is 0 Å². The molecule has 4 fully saturated rings. The summed E-state index contributed by atoms with van der Waals surface area (Å²) in [5, 5.41) is 11.3. The van der Waals surface area contributed by atoms with Crippen LogP contribution in [0.15, 0.2) is 10.2 Å².